The number of hydrogen-bond acceptors (Lipinski definition) is 0. The molecule has 0 aliphatic rings. The van der Waals surface area contributed by atoms with Gasteiger partial charge in [-0.15, -0.1) is 0 Å². The first kappa shape index (κ1) is 18.0. The fourth-order valence-corrected chi connectivity index (χ4v) is 2.60. The molecule has 0 aliphatic carbocycles. The highest BCUT2D eigenvalue weighted by Crippen LogP contribution is 2.25. The molecular formula is C18H37. The van der Waals surface area contributed by atoms with E-state index in [1.54, 1.807) is 0 Å². The molecule has 1 radical (unpaired) electrons. The minimum atomic E-state index is 1.36. The van der Waals surface area contributed by atoms with Crippen LogP contribution in [0, 0.1) is 5.92 Å². The largest absolute Gasteiger partial charge is 0.0654 e. The van der Waals surface area contributed by atoms with Crippen molar-refractivity contribution in [3.05, 3.63) is 5.92 Å². The van der Waals surface area contributed by atoms with Gasteiger partial charge in [-0.1, -0.05) is 91.4 Å². The molecule has 0 amide bonds. The van der Waals surface area contributed by atoms with E-state index >= 15 is 0 Å². The number of rotatable bonds is 14. The van der Waals surface area contributed by atoms with Crippen LogP contribution in [0.3, 0.4) is 0 Å². The van der Waals surface area contributed by atoms with Gasteiger partial charge in [0.1, 0.15) is 0 Å². The average molecular weight is 253 g/mol. The summed E-state index contributed by atoms with van der Waals surface area (Å²) in [5.74, 6) is 1.88. The van der Waals surface area contributed by atoms with Gasteiger partial charge < -0.3 is 0 Å². The van der Waals surface area contributed by atoms with Crippen LogP contribution in [0.25, 0.3) is 0 Å². The van der Waals surface area contributed by atoms with Gasteiger partial charge >= 0.3 is 0 Å². The fraction of sp³-hybridized carbons (Fsp3) is 0.944. The Morgan fingerprint density at radius 2 is 0.778 bits per heavy atom. The monoisotopic (exact) mass is 253 g/mol. The van der Waals surface area contributed by atoms with Gasteiger partial charge in [0.25, 0.3) is 0 Å². The van der Waals surface area contributed by atoms with Crippen molar-refractivity contribution in [3.63, 3.8) is 0 Å². The summed E-state index contributed by atoms with van der Waals surface area (Å²) < 4.78 is 0. The second-order valence-electron chi connectivity index (χ2n) is 5.83. The average Bonchev–Trinajstić information content (AvgIpc) is 2.38. The highest BCUT2D eigenvalue weighted by atomic mass is 14.1. The van der Waals surface area contributed by atoms with E-state index in [1.165, 1.54) is 89.9 Å². The van der Waals surface area contributed by atoms with Gasteiger partial charge in [0.05, 0.1) is 0 Å². The highest BCUT2D eigenvalue weighted by molar-refractivity contribution is 4.89. The Labute approximate surface area is 117 Å². The van der Waals surface area contributed by atoms with Gasteiger partial charge in [-0.25, -0.2) is 0 Å². The van der Waals surface area contributed by atoms with Crippen molar-refractivity contribution in [1.29, 1.82) is 0 Å². The van der Waals surface area contributed by atoms with Crippen LogP contribution in [-0.2, 0) is 0 Å². The number of unbranched alkanes of at least 4 members (excludes halogenated alkanes) is 8. The minimum Gasteiger partial charge on any atom is -0.0654 e. The van der Waals surface area contributed by atoms with Crippen molar-refractivity contribution in [3.8, 4) is 0 Å². The first-order chi connectivity index (χ1) is 8.85. The van der Waals surface area contributed by atoms with Gasteiger partial charge in [-0.3, -0.25) is 0 Å². The molecule has 0 rings (SSSR count). The second kappa shape index (κ2) is 15.1. The van der Waals surface area contributed by atoms with Gasteiger partial charge in [0.15, 0.2) is 0 Å². The highest BCUT2D eigenvalue weighted by Gasteiger charge is 2.08. The van der Waals surface area contributed by atoms with Crippen LogP contribution in [0.4, 0.5) is 0 Å². The molecule has 0 N–H and O–H groups in total. The maximum atomic E-state index is 2.31. The van der Waals surface area contributed by atoms with Crippen LogP contribution in [0.1, 0.15) is 111 Å². The summed E-state index contributed by atoms with van der Waals surface area (Å²) in [6.07, 6.45) is 19.9. The van der Waals surface area contributed by atoms with Crippen LogP contribution in [0.15, 0.2) is 0 Å². The van der Waals surface area contributed by atoms with E-state index in [4.69, 9.17) is 0 Å². The summed E-state index contributed by atoms with van der Waals surface area (Å²) in [5.41, 5.74) is 0. The van der Waals surface area contributed by atoms with Crippen molar-refractivity contribution in [2.45, 2.75) is 111 Å². The first-order valence-corrected chi connectivity index (χ1v) is 8.68. The number of hydrogen-bond donors (Lipinski definition) is 0. The van der Waals surface area contributed by atoms with Crippen LogP contribution in [-0.4, -0.2) is 0 Å². The summed E-state index contributed by atoms with van der Waals surface area (Å²) in [4.78, 5) is 0. The SMILES string of the molecule is CCCCCCC[C](CCCCC)CCCCC. The normalized spacial score (nSPS) is 11.3. The van der Waals surface area contributed by atoms with Crippen molar-refractivity contribution in [1.82, 2.24) is 0 Å². The van der Waals surface area contributed by atoms with Crippen molar-refractivity contribution < 1.29 is 0 Å². The lowest BCUT2D eigenvalue weighted by molar-refractivity contribution is 0.533. The molecule has 0 aromatic rings. The lowest BCUT2D eigenvalue weighted by atomic mass is 9.90. The molecule has 0 spiro atoms. The second-order valence-corrected chi connectivity index (χ2v) is 5.83. The third kappa shape index (κ3) is 12.5. The van der Waals surface area contributed by atoms with Crippen LogP contribution < -0.4 is 0 Å². The third-order valence-electron chi connectivity index (χ3n) is 3.90. The topological polar surface area (TPSA) is 0 Å². The summed E-state index contributed by atoms with van der Waals surface area (Å²) in [6.45, 7) is 6.91. The zero-order valence-corrected chi connectivity index (χ0v) is 13.4. The van der Waals surface area contributed by atoms with E-state index in [9.17, 15) is 0 Å². The third-order valence-corrected chi connectivity index (χ3v) is 3.90. The predicted molar refractivity (Wildman–Crippen MR) is 84.9 cm³/mol. The summed E-state index contributed by atoms with van der Waals surface area (Å²) in [7, 11) is 0. The summed E-state index contributed by atoms with van der Waals surface area (Å²) in [5, 5.41) is 0. The van der Waals surface area contributed by atoms with Crippen molar-refractivity contribution in [2.24, 2.45) is 0 Å². The molecule has 109 valence electrons. The Kier molecular flexibility index (Phi) is 15.1. The fourth-order valence-electron chi connectivity index (χ4n) is 2.60. The van der Waals surface area contributed by atoms with E-state index in [1.807, 2.05) is 5.92 Å². The Morgan fingerprint density at radius 3 is 1.22 bits per heavy atom. The van der Waals surface area contributed by atoms with Gasteiger partial charge in [-0.2, -0.15) is 0 Å². The van der Waals surface area contributed by atoms with E-state index in [0.717, 1.165) is 0 Å². The first-order valence-electron chi connectivity index (χ1n) is 8.68. The molecule has 0 nitrogen and oxygen atoms in total. The van der Waals surface area contributed by atoms with E-state index in [0.29, 0.717) is 0 Å². The molecule has 0 saturated carbocycles. The van der Waals surface area contributed by atoms with Gasteiger partial charge in [0, 0.05) is 0 Å². The van der Waals surface area contributed by atoms with Crippen LogP contribution in [0.5, 0.6) is 0 Å². The quantitative estimate of drug-likeness (QED) is 0.290. The lowest BCUT2D eigenvalue weighted by Gasteiger charge is -2.16. The molecule has 0 aliphatic heterocycles. The molecule has 18 heavy (non-hydrogen) atoms. The Morgan fingerprint density at radius 1 is 0.444 bits per heavy atom. The van der Waals surface area contributed by atoms with Gasteiger partial charge in [-0.05, 0) is 25.2 Å². The van der Waals surface area contributed by atoms with Crippen LogP contribution in [0.2, 0.25) is 0 Å². The molecule has 0 bridgehead atoms. The minimum absolute atomic E-state index is 1.36. The van der Waals surface area contributed by atoms with E-state index in [2.05, 4.69) is 20.8 Å². The molecule has 0 unspecified atom stereocenters. The molecule has 0 fully saturated rings. The molecule has 0 atom stereocenters. The predicted octanol–water partition coefficient (Wildman–Crippen LogP) is 7.08. The standard InChI is InChI=1S/C18H37/c1-4-7-10-11-14-17-18(15-12-8-5-2)16-13-9-6-3/h4-17H2,1-3H3. The van der Waals surface area contributed by atoms with Crippen molar-refractivity contribution in [2.75, 3.05) is 0 Å². The Hall–Kier alpha value is 0. The summed E-state index contributed by atoms with van der Waals surface area (Å²) in [6, 6.07) is 0. The molecule has 0 aromatic carbocycles. The zero-order chi connectivity index (χ0) is 13.5. The molecule has 0 heterocycles. The van der Waals surface area contributed by atoms with Crippen LogP contribution >= 0.6 is 0 Å². The van der Waals surface area contributed by atoms with Crippen molar-refractivity contribution >= 4 is 0 Å². The zero-order valence-electron chi connectivity index (χ0n) is 13.4. The lowest BCUT2D eigenvalue weighted by Crippen LogP contribution is -1.99. The van der Waals surface area contributed by atoms with E-state index < -0.39 is 0 Å². The van der Waals surface area contributed by atoms with Gasteiger partial charge in [0.2, 0.25) is 0 Å². The molecule has 0 heteroatoms. The Balaban J connectivity index is 3.60. The molecular weight excluding hydrogens is 216 g/mol. The smallest absolute Gasteiger partial charge is 0.0241 e. The molecule has 0 aromatic heterocycles. The van der Waals surface area contributed by atoms with E-state index in [-0.39, 0.29) is 0 Å². The maximum absolute atomic E-state index is 2.31. The Bertz CT molecular complexity index is 129. The molecule has 0 saturated heterocycles. The maximum Gasteiger partial charge on any atom is -0.0241 e. The summed E-state index contributed by atoms with van der Waals surface area (Å²) >= 11 is 0.